The van der Waals surface area contributed by atoms with Gasteiger partial charge in [0, 0.05) is 38.6 Å². The zero-order valence-corrected chi connectivity index (χ0v) is 11.3. The van der Waals surface area contributed by atoms with E-state index in [4.69, 9.17) is 6.42 Å². The van der Waals surface area contributed by atoms with Gasteiger partial charge in [-0.1, -0.05) is 20.3 Å². The molecular formula is C13H25N3O. The quantitative estimate of drug-likeness (QED) is 0.353. The van der Waals surface area contributed by atoms with Crippen molar-refractivity contribution in [2.24, 2.45) is 5.92 Å². The zero-order valence-electron chi connectivity index (χ0n) is 11.3. The summed E-state index contributed by atoms with van der Waals surface area (Å²) in [5.74, 6) is 0.729. The molecule has 0 spiro atoms. The van der Waals surface area contributed by atoms with Crippen LogP contribution in [0.2, 0.25) is 0 Å². The monoisotopic (exact) mass is 239 g/mol. The van der Waals surface area contributed by atoms with Gasteiger partial charge in [0.05, 0.1) is 0 Å². The van der Waals surface area contributed by atoms with Crippen molar-refractivity contribution in [3.63, 3.8) is 0 Å². The summed E-state index contributed by atoms with van der Waals surface area (Å²) >= 11 is 0. The third-order valence-electron chi connectivity index (χ3n) is 2.49. The minimum atomic E-state index is 0.147. The molecule has 0 saturated heterocycles. The fourth-order valence-electron chi connectivity index (χ4n) is 1.33. The number of hydrogen-bond donors (Lipinski definition) is 2. The van der Waals surface area contributed by atoms with E-state index >= 15 is 0 Å². The molecule has 0 aromatic heterocycles. The number of nitrogens with zero attached hydrogens (tertiary/aromatic N) is 1. The van der Waals surface area contributed by atoms with E-state index in [2.05, 4.69) is 35.4 Å². The van der Waals surface area contributed by atoms with Gasteiger partial charge in [-0.25, -0.2) is 0 Å². The molecule has 0 unspecified atom stereocenters. The maximum atomic E-state index is 11.4. The lowest BCUT2D eigenvalue weighted by Gasteiger charge is -2.16. The average Bonchev–Trinajstić information content (AvgIpc) is 2.27. The number of amides is 1. The Bertz CT molecular complexity index is 246. The first kappa shape index (κ1) is 15.8. The highest BCUT2D eigenvalue weighted by atomic mass is 16.1. The molecule has 2 N–H and O–H groups in total. The number of carbonyl (C=O) groups is 1. The molecule has 17 heavy (non-hydrogen) atoms. The highest BCUT2D eigenvalue weighted by Crippen LogP contribution is 2.02. The van der Waals surface area contributed by atoms with Crippen molar-refractivity contribution in [1.82, 2.24) is 15.5 Å². The third-order valence-corrected chi connectivity index (χ3v) is 2.49. The molecule has 0 aliphatic carbocycles. The fraction of sp³-hybridized carbons (Fsp3) is 0.769. The smallest absolute Gasteiger partial charge is 0.220 e. The van der Waals surface area contributed by atoms with Crippen LogP contribution in [0.25, 0.3) is 0 Å². The number of hydrogen-bond acceptors (Lipinski definition) is 3. The molecule has 0 aromatic rings. The highest BCUT2D eigenvalue weighted by molar-refractivity contribution is 5.75. The number of nitrogens with one attached hydrogen (secondary N) is 2. The molecule has 0 rings (SSSR count). The van der Waals surface area contributed by atoms with E-state index in [0.717, 1.165) is 26.1 Å². The summed E-state index contributed by atoms with van der Waals surface area (Å²) in [5, 5.41) is 5.73. The summed E-state index contributed by atoms with van der Waals surface area (Å²) in [6, 6.07) is 2.38. The molecule has 0 aromatic carbocycles. The normalized spacial score (nSPS) is 10.4. The van der Waals surface area contributed by atoms with Gasteiger partial charge in [0.1, 0.15) is 0 Å². The third kappa shape index (κ3) is 11.1. The number of likely N-dealkylation sites (N-methyl/N-ethyl adjacent to an activating group) is 1. The van der Waals surface area contributed by atoms with Crippen molar-refractivity contribution in [3.05, 3.63) is 0 Å². The summed E-state index contributed by atoms with van der Waals surface area (Å²) < 4.78 is 0. The molecule has 0 aliphatic heterocycles. The van der Waals surface area contributed by atoms with Crippen LogP contribution in [-0.4, -0.2) is 44.0 Å². The van der Waals surface area contributed by atoms with Crippen molar-refractivity contribution in [1.29, 1.82) is 0 Å². The van der Waals surface area contributed by atoms with Crippen LogP contribution < -0.4 is 10.6 Å². The topological polar surface area (TPSA) is 44.4 Å². The van der Waals surface area contributed by atoms with Crippen LogP contribution in [-0.2, 0) is 4.79 Å². The Morgan fingerprint density at radius 3 is 2.59 bits per heavy atom. The van der Waals surface area contributed by atoms with Crippen LogP contribution in [0.15, 0.2) is 0 Å². The summed E-state index contributed by atoms with van der Waals surface area (Å²) in [6.45, 7) is 7.45. The fourth-order valence-corrected chi connectivity index (χ4v) is 1.33. The lowest BCUT2D eigenvalue weighted by Crippen LogP contribution is -2.35. The second-order valence-corrected chi connectivity index (χ2v) is 4.66. The predicted octanol–water partition coefficient (Wildman–Crippen LogP) is 0.651. The van der Waals surface area contributed by atoms with Crippen molar-refractivity contribution >= 4 is 5.91 Å². The molecule has 0 atom stereocenters. The Labute approximate surface area is 105 Å². The summed E-state index contributed by atoms with van der Waals surface area (Å²) in [7, 11) is 2.01. The SMILES string of the molecule is C#CNCCN(C)CCNC(=O)CCC(C)C. The lowest BCUT2D eigenvalue weighted by molar-refractivity contribution is -0.121. The van der Waals surface area contributed by atoms with Crippen LogP contribution in [0.3, 0.4) is 0 Å². The first-order valence-corrected chi connectivity index (χ1v) is 6.20. The van der Waals surface area contributed by atoms with Crippen LogP contribution in [0.1, 0.15) is 26.7 Å². The van der Waals surface area contributed by atoms with Crippen molar-refractivity contribution in [3.8, 4) is 12.5 Å². The summed E-state index contributed by atoms with van der Waals surface area (Å²) in [5.41, 5.74) is 0. The first-order chi connectivity index (χ1) is 8.06. The molecule has 98 valence electrons. The van der Waals surface area contributed by atoms with Crippen molar-refractivity contribution in [2.45, 2.75) is 26.7 Å². The Hall–Kier alpha value is -1.21. The molecule has 0 saturated carbocycles. The Morgan fingerprint density at radius 2 is 2.00 bits per heavy atom. The van der Waals surface area contributed by atoms with E-state index in [0.29, 0.717) is 18.9 Å². The molecule has 4 nitrogen and oxygen atoms in total. The molecule has 0 heterocycles. The summed E-state index contributed by atoms with van der Waals surface area (Å²) in [6.07, 6.45) is 6.65. The maximum Gasteiger partial charge on any atom is 0.220 e. The van der Waals surface area contributed by atoms with Gasteiger partial charge in [-0.15, -0.1) is 0 Å². The van der Waals surface area contributed by atoms with Crippen LogP contribution in [0.5, 0.6) is 0 Å². The summed E-state index contributed by atoms with van der Waals surface area (Å²) in [4.78, 5) is 13.6. The van der Waals surface area contributed by atoms with Crippen LogP contribution in [0.4, 0.5) is 0 Å². The second kappa shape index (κ2) is 9.98. The van der Waals surface area contributed by atoms with Crippen molar-refractivity contribution in [2.75, 3.05) is 33.2 Å². The van der Waals surface area contributed by atoms with E-state index < -0.39 is 0 Å². The van der Waals surface area contributed by atoms with E-state index in [1.807, 2.05) is 7.05 Å². The molecule has 0 fully saturated rings. The zero-order chi connectivity index (χ0) is 13.1. The maximum absolute atomic E-state index is 11.4. The van der Waals surface area contributed by atoms with Gasteiger partial charge < -0.3 is 15.5 Å². The predicted molar refractivity (Wildman–Crippen MR) is 71.4 cm³/mol. The van der Waals surface area contributed by atoms with Crippen LogP contribution >= 0.6 is 0 Å². The Balaban J connectivity index is 3.43. The van der Waals surface area contributed by atoms with E-state index in [1.54, 1.807) is 0 Å². The first-order valence-electron chi connectivity index (χ1n) is 6.20. The molecule has 0 bridgehead atoms. The van der Waals surface area contributed by atoms with Gasteiger partial charge in [-0.2, -0.15) is 0 Å². The van der Waals surface area contributed by atoms with Gasteiger partial charge in [0.25, 0.3) is 0 Å². The highest BCUT2D eigenvalue weighted by Gasteiger charge is 2.03. The lowest BCUT2D eigenvalue weighted by atomic mass is 10.1. The molecule has 4 heteroatoms. The van der Waals surface area contributed by atoms with E-state index in [9.17, 15) is 4.79 Å². The Kier molecular flexibility index (Phi) is 9.27. The van der Waals surface area contributed by atoms with Gasteiger partial charge in [-0.05, 0) is 19.4 Å². The molecule has 1 amide bonds. The molecular weight excluding hydrogens is 214 g/mol. The molecule has 0 radical (unpaired) electrons. The number of carbonyl (C=O) groups excluding carboxylic acids is 1. The van der Waals surface area contributed by atoms with Gasteiger partial charge >= 0.3 is 0 Å². The van der Waals surface area contributed by atoms with E-state index in [1.165, 1.54) is 0 Å². The van der Waals surface area contributed by atoms with Crippen molar-refractivity contribution < 1.29 is 4.79 Å². The second-order valence-electron chi connectivity index (χ2n) is 4.66. The van der Waals surface area contributed by atoms with Gasteiger partial charge in [-0.3, -0.25) is 4.79 Å². The largest absolute Gasteiger partial charge is 0.355 e. The van der Waals surface area contributed by atoms with Crippen LogP contribution in [0, 0.1) is 18.4 Å². The Morgan fingerprint density at radius 1 is 1.35 bits per heavy atom. The standard InChI is InChI=1S/C13H25N3O/c1-5-14-8-10-16(4)11-9-15-13(17)7-6-12(2)3/h1,12,14H,6-11H2,2-4H3,(H,15,17). The van der Waals surface area contributed by atoms with Gasteiger partial charge in [0.15, 0.2) is 0 Å². The average molecular weight is 239 g/mol. The molecule has 0 aliphatic rings. The minimum Gasteiger partial charge on any atom is -0.355 e. The number of rotatable bonds is 9. The number of terminal acetylenes is 1. The van der Waals surface area contributed by atoms with E-state index in [-0.39, 0.29) is 5.91 Å². The minimum absolute atomic E-state index is 0.147. The van der Waals surface area contributed by atoms with Gasteiger partial charge in [0.2, 0.25) is 5.91 Å².